The van der Waals surface area contributed by atoms with Crippen molar-refractivity contribution < 1.29 is 4.79 Å². The van der Waals surface area contributed by atoms with Gasteiger partial charge in [0.15, 0.2) is 0 Å². The van der Waals surface area contributed by atoms with Crippen LogP contribution in [0.2, 0.25) is 0 Å². The molecule has 2 heteroatoms. The molecule has 0 heterocycles. The average molecular weight is 181 g/mol. The number of hydrogen-bond donors (Lipinski definition) is 0. The zero-order valence-electron chi connectivity index (χ0n) is 8.46. The Morgan fingerprint density at radius 1 is 1.31 bits per heavy atom. The quantitative estimate of drug-likeness (QED) is 0.552. The largest absolute Gasteiger partial charge is 0.335 e. The maximum atomic E-state index is 11.5. The molecule has 0 fully saturated rings. The van der Waals surface area contributed by atoms with E-state index in [1.54, 1.807) is 17.1 Å². The summed E-state index contributed by atoms with van der Waals surface area (Å²) in [5.74, 6) is 0.196. The summed E-state index contributed by atoms with van der Waals surface area (Å²) in [6.07, 6.45) is 6.14. The predicted octanol–water partition coefficient (Wildman–Crippen LogP) is 2.38. The van der Waals surface area contributed by atoms with E-state index in [2.05, 4.69) is 20.1 Å². The molecule has 0 aromatic rings. The topological polar surface area (TPSA) is 20.3 Å². The van der Waals surface area contributed by atoms with Gasteiger partial charge >= 0.3 is 0 Å². The molecular weight excluding hydrogens is 162 g/mol. The van der Waals surface area contributed by atoms with Crippen LogP contribution < -0.4 is 0 Å². The van der Waals surface area contributed by atoms with Gasteiger partial charge in [-0.1, -0.05) is 25.5 Å². The van der Waals surface area contributed by atoms with Crippen molar-refractivity contribution in [3.8, 4) is 0 Å². The highest BCUT2D eigenvalue weighted by Gasteiger charge is 2.08. The molecule has 0 rings (SSSR count). The molecule has 0 saturated heterocycles. The van der Waals surface area contributed by atoms with Crippen LogP contribution in [0.3, 0.4) is 0 Å². The van der Waals surface area contributed by atoms with Crippen LogP contribution in [0.4, 0.5) is 0 Å². The number of carbonyl (C=O) groups excluding carboxylic acids is 1. The van der Waals surface area contributed by atoms with Crippen LogP contribution in [0.25, 0.3) is 0 Å². The lowest BCUT2D eigenvalue weighted by atomic mass is 10.2. The molecule has 1 amide bonds. The van der Waals surface area contributed by atoms with E-state index in [4.69, 9.17) is 0 Å². The highest BCUT2D eigenvalue weighted by Crippen LogP contribution is 2.00. The normalized spacial score (nSPS) is 9.31. The molecule has 0 atom stereocenters. The number of hydrogen-bond acceptors (Lipinski definition) is 1. The first kappa shape index (κ1) is 11.9. The molecular formula is C11H19NO. The Hall–Kier alpha value is -1.05. The van der Waals surface area contributed by atoms with Gasteiger partial charge in [0.25, 0.3) is 0 Å². The summed E-state index contributed by atoms with van der Waals surface area (Å²) in [4.78, 5) is 13.3. The van der Waals surface area contributed by atoms with Crippen LogP contribution in [-0.2, 0) is 4.79 Å². The molecule has 0 saturated carbocycles. The van der Waals surface area contributed by atoms with E-state index in [0.29, 0.717) is 19.5 Å². The van der Waals surface area contributed by atoms with Gasteiger partial charge in [0.1, 0.15) is 0 Å². The zero-order chi connectivity index (χ0) is 10.1. The van der Waals surface area contributed by atoms with Crippen molar-refractivity contribution in [3.05, 3.63) is 25.3 Å². The highest BCUT2D eigenvalue weighted by molar-refractivity contribution is 5.76. The van der Waals surface area contributed by atoms with Crippen LogP contribution in [0.5, 0.6) is 0 Å². The monoisotopic (exact) mass is 181 g/mol. The zero-order valence-corrected chi connectivity index (χ0v) is 8.46. The number of carbonyl (C=O) groups is 1. The molecule has 0 aromatic carbocycles. The van der Waals surface area contributed by atoms with E-state index in [0.717, 1.165) is 12.8 Å². The van der Waals surface area contributed by atoms with Crippen LogP contribution in [0.15, 0.2) is 25.3 Å². The lowest BCUT2D eigenvalue weighted by Crippen LogP contribution is -2.30. The Kier molecular flexibility index (Phi) is 6.98. The minimum absolute atomic E-state index is 0.196. The molecule has 0 aliphatic carbocycles. The van der Waals surface area contributed by atoms with Gasteiger partial charge in [-0.3, -0.25) is 4.79 Å². The van der Waals surface area contributed by atoms with Crippen LogP contribution >= 0.6 is 0 Å². The number of amides is 1. The van der Waals surface area contributed by atoms with Crippen molar-refractivity contribution in [3.63, 3.8) is 0 Å². The fraction of sp³-hybridized carbons (Fsp3) is 0.545. The van der Waals surface area contributed by atoms with E-state index < -0.39 is 0 Å². The summed E-state index contributed by atoms with van der Waals surface area (Å²) in [6.45, 7) is 10.6. The minimum atomic E-state index is 0.196. The molecule has 0 aromatic heterocycles. The Bertz CT molecular complexity index is 165. The maximum Gasteiger partial charge on any atom is 0.223 e. The highest BCUT2D eigenvalue weighted by atomic mass is 16.2. The molecule has 0 bridgehead atoms. The van der Waals surface area contributed by atoms with Gasteiger partial charge in [0, 0.05) is 19.5 Å². The molecule has 0 N–H and O–H groups in total. The summed E-state index contributed by atoms with van der Waals surface area (Å²) in [5.41, 5.74) is 0. The summed E-state index contributed by atoms with van der Waals surface area (Å²) < 4.78 is 0. The molecule has 0 aliphatic heterocycles. The number of nitrogens with zero attached hydrogens (tertiary/aromatic N) is 1. The standard InChI is InChI=1S/C11H19NO/c1-4-7-8-11(13)12(9-5-2)10-6-3/h5-6H,2-4,7-10H2,1H3. The maximum absolute atomic E-state index is 11.5. The third-order valence-corrected chi connectivity index (χ3v) is 1.80. The summed E-state index contributed by atoms with van der Waals surface area (Å²) in [7, 11) is 0. The molecule has 13 heavy (non-hydrogen) atoms. The van der Waals surface area contributed by atoms with Crippen molar-refractivity contribution in [1.82, 2.24) is 4.90 Å². The Balaban J connectivity index is 3.93. The lowest BCUT2D eigenvalue weighted by molar-refractivity contribution is -0.130. The van der Waals surface area contributed by atoms with Gasteiger partial charge in [0.05, 0.1) is 0 Å². The van der Waals surface area contributed by atoms with Crippen LogP contribution in [0, 0.1) is 0 Å². The van der Waals surface area contributed by atoms with E-state index in [9.17, 15) is 4.79 Å². The predicted molar refractivity (Wildman–Crippen MR) is 56.5 cm³/mol. The van der Waals surface area contributed by atoms with E-state index in [-0.39, 0.29) is 5.91 Å². The van der Waals surface area contributed by atoms with Gasteiger partial charge in [-0.25, -0.2) is 0 Å². The first-order valence-electron chi connectivity index (χ1n) is 4.75. The second-order valence-electron chi connectivity index (χ2n) is 2.98. The summed E-state index contributed by atoms with van der Waals surface area (Å²) in [6, 6.07) is 0. The van der Waals surface area contributed by atoms with Crippen LogP contribution in [-0.4, -0.2) is 23.9 Å². The van der Waals surface area contributed by atoms with Crippen molar-refractivity contribution in [1.29, 1.82) is 0 Å². The fourth-order valence-corrected chi connectivity index (χ4v) is 1.08. The Labute approximate surface area is 80.9 Å². The van der Waals surface area contributed by atoms with Crippen molar-refractivity contribution in [2.24, 2.45) is 0 Å². The number of rotatable bonds is 7. The lowest BCUT2D eigenvalue weighted by Gasteiger charge is -2.18. The molecule has 0 spiro atoms. The molecule has 2 nitrogen and oxygen atoms in total. The Morgan fingerprint density at radius 2 is 1.85 bits per heavy atom. The third-order valence-electron chi connectivity index (χ3n) is 1.80. The van der Waals surface area contributed by atoms with Crippen molar-refractivity contribution in [2.45, 2.75) is 26.2 Å². The van der Waals surface area contributed by atoms with E-state index in [1.165, 1.54) is 0 Å². The second kappa shape index (κ2) is 7.59. The molecule has 0 aliphatic rings. The SMILES string of the molecule is C=CCN(CC=C)C(=O)CCCC. The fourth-order valence-electron chi connectivity index (χ4n) is 1.08. The number of unbranched alkanes of at least 4 members (excludes halogenated alkanes) is 1. The van der Waals surface area contributed by atoms with E-state index >= 15 is 0 Å². The van der Waals surface area contributed by atoms with Crippen molar-refractivity contribution >= 4 is 5.91 Å². The minimum Gasteiger partial charge on any atom is -0.335 e. The Morgan fingerprint density at radius 3 is 2.23 bits per heavy atom. The van der Waals surface area contributed by atoms with Crippen LogP contribution in [0.1, 0.15) is 26.2 Å². The van der Waals surface area contributed by atoms with Gasteiger partial charge in [-0.15, -0.1) is 13.2 Å². The van der Waals surface area contributed by atoms with Gasteiger partial charge in [0.2, 0.25) is 5.91 Å². The first-order chi connectivity index (χ1) is 6.26. The third kappa shape index (κ3) is 5.23. The second-order valence-corrected chi connectivity index (χ2v) is 2.98. The molecule has 0 radical (unpaired) electrons. The summed E-state index contributed by atoms with van der Waals surface area (Å²) >= 11 is 0. The van der Waals surface area contributed by atoms with Gasteiger partial charge in [-0.05, 0) is 6.42 Å². The van der Waals surface area contributed by atoms with Gasteiger partial charge in [-0.2, -0.15) is 0 Å². The summed E-state index contributed by atoms with van der Waals surface area (Å²) in [5, 5.41) is 0. The van der Waals surface area contributed by atoms with Gasteiger partial charge < -0.3 is 4.90 Å². The average Bonchev–Trinajstić information content (AvgIpc) is 2.14. The molecule has 74 valence electrons. The first-order valence-corrected chi connectivity index (χ1v) is 4.75. The van der Waals surface area contributed by atoms with Crippen molar-refractivity contribution in [2.75, 3.05) is 13.1 Å². The van der Waals surface area contributed by atoms with E-state index in [1.807, 2.05) is 0 Å². The molecule has 0 unspecified atom stereocenters. The smallest absolute Gasteiger partial charge is 0.223 e.